The third kappa shape index (κ3) is 2.49. The van der Waals surface area contributed by atoms with Gasteiger partial charge in [0.25, 0.3) is 5.56 Å². The summed E-state index contributed by atoms with van der Waals surface area (Å²) in [6, 6.07) is 2.21. The number of nitrogens with one attached hydrogen (secondary N) is 1. The first-order chi connectivity index (χ1) is 10.7. The molecule has 2 aliphatic rings. The van der Waals surface area contributed by atoms with E-state index in [2.05, 4.69) is 15.3 Å². The fourth-order valence-electron chi connectivity index (χ4n) is 2.98. The van der Waals surface area contributed by atoms with E-state index in [1.54, 1.807) is 0 Å². The summed E-state index contributed by atoms with van der Waals surface area (Å²) in [5.74, 6) is -0.128. The number of amides is 1. The van der Waals surface area contributed by atoms with Gasteiger partial charge in [0, 0.05) is 11.7 Å². The molecule has 2 heterocycles. The van der Waals surface area contributed by atoms with E-state index >= 15 is 0 Å². The van der Waals surface area contributed by atoms with Gasteiger partial charge in [-0.2, -0.15) is 0 Å². The topological polar surface area (TPSA) is 76.9 Å². The molecule has 0 atom stereocenters. The first kappa shape index (κ1) is 13.4. The predicted octanol–water partition coefficient (Wildman–Crippen LogP) is 0.949. The van der Waals surface area contributed by atoms with Crippen LogP contribution in [-0.4, -0.2) is 26.5 Å². The predicted molar refractivity (Wildman–Crippen MR) is 81.6 cm³/mol. The monoisotopic (exact) mass is 298 g/mol. The lowest BCUT2D eigenvalue weighted by Gasteiger charge is -2.15. The van der Waals surface area contributed by atoms with Crippen molar-refractivity contribution in [1.29, 1.82) is 0 Å². The van der Waals surface area contributed by atoms with E-state index in [9.17, 15) is 9.59 Å². The molecule has 0 aliphatic heterocycles. The van der Waals surface area contributed by atoms with Gasteiger partial charge in [0.05, 0.1) is 5.39 Å². The Morgan fingerprint density at radius 2 is 2.14 bits per heavy atom. The summed E-state index contributed by atoms with van der Waals surface area (Å²) in [5.41, 5.74) is 2.52. The van der Waals surface area contributed by atoms with Crippen molar-refractivity contribution < 1.29 is 4.79 Å². The molecule has 2 aliphatic carbocycles. The Morgan fingerprint density at radius 1 is 1.32 bits per heavy atom. The maximum absolute atomic E-state index is 12.6. The SMILES string of the molecule is O=C(Cn1cnc2nc3c(cc2c1=O)CCCC3)NC1CC1. The first-order valence-electron chi connectivity index (χ1n) is 7.88. The van der Waals surface area contributed by atoms with Gasteiger partial charge in [-0.3, -0.25) is 14.2 Å². The number of hydrogen-bond acceptors (Lipinski definition) is 4. The standard InChI is InChI=1S/C16H18N4O2/c21-14(18-11-5-6-11)8-20-9-17-15-12(16(20)22)7-10-3-1-2-4-13(10)19-15/h7,9,11H,1-6,8H2,(H,18,21). The Hall–Kier alpha value is -2.24. The van der Waals surface area contributed by atoms with Crippen LogP contribution in [0.2, 0.25) is 0 Å². The van der Waals surface area contributed by atoms with Crippen molar-refractivity contribution in [2.24, 2.45) is 0 Å². The van der Waals surface area contributed by atoms with Gasteiger partial charge in [-0.05, 0) is 50.2 Å². The lowest BCUT2D eigenvalue weighted by molar-refractivity contribution is -0.121. The third-order valence-electron chi connectivity index (χ3n) is 4.35. The van der Waals surface area contributed by atoms with Crippen LogP contribution in [-0.2, 0) is 24.2 Å². The Bertz CT molecular complexity index is 808. The highest BCUT2D eigenvalue weighted by Crippen LogP contribution is 2.21. The van der Waals surface area contributed by atoms with Gasteiger partial charge in [-0.1, -0.05) is 0 Å². The van der Waals surface area contributed by atoms with Crippen LogP contribution in [0, 0.1) is 0 Å². The van der Waals surface area contributed by atoms with E-state index in [-0.39, 0.29) is 18.0 Å². The Kier molecular flexibility index (Phi) is 3.17. The minimum Gasteiger partial charge on any atom is -0.352 e. The molecule has 0 aromatic carbocycles. The average Bonchev–Trinajstić information content (AvgIpc) is 3.32. The van der Waals surface area contributed by atoms with Crippen LogP contribution in [0.3, 0.4) is 0 Å². The summed E-state index contributed by atoms with van der Waals surface area (Å²) in [5, 5.41) is 3.40. The molecule has 4 rings (SSSR count). The fourth-order valence-corrected chi connectivity index (χ4v) is 2.98. The molecule has 0 spiro atoms. The van der Waals surface area contributed by atoms with Crippen LogP contribution >= 0.6 is 0 Å². The molecule has 6 heteroatoms. The number of hydrogen-bond donors (Lipinski definition) is 1. The maximum Gasteiger partial charge on any atom is 0.263 e. The number of rotatable bonds is 3. The number of aromatic nitrogens is 3. The fraction of sp³-hybridized carbons (Fsp3) is 0.500. The van der Waals surface area contributed by atoms with E-state index in [1.165, 1.54) is 10.9 Å². The van der Waals surface area contributed by atoms with Crippen LogP contribution in [0.15, 0.2) is 17.2 Å². The summed E-state index contributed by atoms with van der Waals surface area (Å²) in [6.45, 7) is 0.0232. The molecule has 114 valence electrons. The van der Waals surface area contributed by atoms with Crippen molar-refractivity contribution in [3.05, 3.63) is 34.0 Å². The highest BCUT2D eigenvalue weighted by atomic mass is 16.2. The zero-order valence-corrected chi connectivity index (χ0v) is 12.3. The minimum atomic E-state index is -0.183. The molecule has 1 N–H and O–H groups in total. The molecule has 1 fully saturated rings. The summed E-state index contributed by atoms with van der Waals surface area (Å²) in [7, 11) is 0. The van der Waals surface area contributed by atoms with Crippen LogP contribution in [0.4, 0.5) is 0 Å². The first-order valence-corrected chi connectivity index (χ1v) is 7.88. The second-order valence-electron chi connectivity index (χ2n) is 6.19. The number of nitrogens with zero attached hydrogens (tertiary/aromatic N) is 3. The smallest absolute Gasteiger partial charge is 0.263 e. The quantitative estimate of drug-likeness (QED) is 0.915. The number of fused-ring (bicyclic) bond motifs is 2. The summed E-state index contributed by atoms with van der Waals surface area (Å²) in [4.78, 5) is 33.2. The van der Waals surface area contributed by atoms with Gasteiger partial charge in [-0.25, -0.2) is 9.97 Å². The highest BCUT2D eigenvalue weighted by Gasteiger charge is 2.23. The largest absolute Gasteiger partial charge is 0.352 e. The molecule has 0 unspecified atom stereocenters. The van der Waals surface area contributed by atoms with E-state index in [0.717, 1.165) is 49.8 Å². The third-order valence-corrected chi connectivity index (χ3v) is 4.35. The summed E-state index contributed by atoms with van der Waals surface area (Å²) >= 11 is 0. The lowest BCUT2D eigenvalue weighted by Crippen LogP contribution is -2.33. The number of carbonyl (C=O) groups excluding carboxylic acids is 1. The summed E-state index contributed by atoms with van der Waals surface area (Å²) in [6.07, 6.45) is 7.70. The van der Waals surface area contributed by atoms with Crippen molar-refractivity contribution in [3.63, 3.8) is 0 Å². The van der Waals surface area contributed by atoms with Gasteiger partial charge < -0.3 is 5.32 Å². The van der Waals surface area contributed by atoms with Crippen molar-refractivity contribution in [2.75, 3.05) is 0 Å². The Balaban J connectivity index is 1.69. The van der Waals surface area contributed by atoms with E-state index in [1.807, 2.05) is 6.07 Å². The Labute approximate surface area is 127 Å². The van der Waals surface area contributed by atoms with Gasteiger partial charge in [-0.15, -0.1) is 0 Å². The van der Waals surface area contributed by atoms with Crippen LogP contribution < -0.4 is 10.9 Å². The molecule has 0 bridgehead atoms. The molecule has 0 radical (unpaired) electrons. The molecule has 22 heavy (non-hydrogen) atoms. The van der Waals surface area contributed by atoms with Crippen LogP contribution in [0.25, 0.3) is 11.0 Å². The van der Waals surface area contributed by atoms with Gasteiger partial charge in [0.2, 0.25) is 5.91 Å². The van der Waals surface area contributed by atoms with Crippen molar-refractivity contribution in [2.45, 2.75) is 51.1 Å². The number of carbonyl (C=O) groups is 1. The summed E-state index contributed by atoms with van der Waals surface area (Å²) < 4.78 is 1.37. The van der Waals surface area contributed by atoms with Crippen molar-refractivity contribution in [1.82, 2.24) is 19.9 Å². The molecule has 1 saturated carbocycles. The second kappa shape index (κ2) is 5.19. The van der Waals surface area contributed by atoms with Gasteiger partial charge in [0.1, 0.15) is 12.9 Å². The van der Waals surface area contributed by atoms with E-state index in [0.29, 0.717) is 17.1 Å². The second-order valence-corrected chi connectivity index (χ2v) is 6.19. The Morgan fingerprint density at radius 3 is 2.95 bits per heavy atom. The molecular weight excluding hydrogens is 280 g/mol. The van der Waals surface area contributed by atoms with Crippen LogP contribution in [0.1, 0.15) is 36.9 Å². The molecule has 1 amide bonds. The maximum atomic E-state index is 12.6. The van der Waals surface area contributed by atoms with Crippen molar-refractivity contribution >= 4 is 16.9 Å². The molecule has 0 saturated heterocycles. The average molecular weight is 298 g/mol. The molecule has 6 nitrogen and oxygen atoms in total. The van der Waals surface area contributed by atoms with Crippen LogP contribution in [0.5, 0.6) is 0 Å². The van der Waals surface area contributed by atoms with Crippen molar-refractivity contribution in [3.8, 4) is 0 Å². The molecule has 2 aromatic heterocycles. The van der Waals surface area contributed by atoms with Gasteiger partial charge in [0.15, 0.2) is 5.65 Å². The zero-order chi connectivity index (χ0) is 15.1. The normalized spacial score (nSPS) is 17.3. The van der Waals surface area contributed by atoms with E-state index < -0.39 is 0 Å². The minimum absolute atomic E-state index is 0.0232. The highest BCUT2D eigenvalue weighted by molar-refractivity contribution is 5.78. The number of pyridine rings is 1. The number of aryl methyl sites for hydroxylation is 2. The lowest BCUT2D eigenvalue weighted by atomic mass is 9.95. The molecular formula is C16H18N4O2. The zero-order valence-electron chi connectivity index (χ0n) is 12.3. The molecule has 2 aromatic rings. The van der Waals surface area contributed by atoms with Gasteiger partial charge >= 0.3 is 0 Å². The van der Waals surface area contributed by atoms with E-state index in [4.69, 9.17) is 0 Å².